The SMILES string of the molecule is CCN(CCCNC(=O)C1CCCn2c(-c3ccccc3)nnc21)Cc1ccccc1. The van der Waals surface area contributed by atoms with E-state index in [4.69, 9.17) is 0 Å². The van der Waals surface area contributed by atoms with Crippen LogP contribution in [0.15, 0.2) is 60.7 Å². The Bertz CT molecular complexity index is 970. The molecule has 1 aliphatic heterocycles. The molecular formula is C25H31N5O. The van der Waals surface area contributed by atoms with E-state index in [9.17, 15) is 4.79 Å². The minimum absolute atomic E-state index is 0.0686. The minimum atomic E-state index is -0.217. The number of carbonyl (C=O) groups excluding carboxylic acids is 1. The average Bonchev–Trinajstić information content (AvgIpc) is 3.26. The predicted octanol–water partition coefficient (Wildman–Crippen LogP) is 3.85. The number of nitrogens with one attached hydrogen (secondary N) is 1. The maximum atomic E-state index is 12.9. The summed E-state index contributed by atoms with van der Waals surface area (Å²) < 4.78 is 2.11. The Morgan fingerprint density at radius 1 is 1.10 bits per heavy atom. The van der Waals surface area contributed by atoms with Gasteiger partial charge < -0.3 is 9.88 Å². The van der Waals surface area contributed by atoms with Crippen molar-refractivity contribution >= 4 is 5.91 Å². The molecule has 1 amide bonds. The van der Waals surface area contributed by atoms with Crippen LogP contribution in [0.4, 0.5) is 0 Å². The Hall–Kier alpha value is -2.99. The van der Waals surface area contributed by atoms with Crippen LogP contribution < -0.4 is 5.32 Å². The quantitative estimate of drug-likeness (QED) is 0.537. The van der Waals surface area contributed by atoms with Crippen LogP contribution in [0.2, 0.25) is 0 Å². The van der Waals surface area contributed by atoms with Crippen molar-refractivity contribution in [2.45, 2.75) is 45.2 Å². The third-order valence-electron chi connectivity index (χ3n) is 5.96. The van der Waals surface area contributed by atoms with Gasteiger partial charge in [-0.25, -0.2) is 0 Å². The first-order valence-corrected chi connectivity index (χ1v) is 11.3. The number of aromatic nitrogens is 3. The molecule has 31 heavy (non-hydrogen) atoms. The molecule has 0 fully saturated rings. The first kappa shape index (κ1) is 21.2. The number of hydrogen-bond donors (Lipinski definition) is 1. The Labute approximate surface area is 184 Å². The fraction of sp³-hybridized carbons (Fsp3) is 0.400. The van der Waals surface area contributed by atoms with E-state index in [-0.39, 0.29) is 11.8 Å². The van der Waals surface area contributed by atoms with Gasteiger partial charge in [0.2, 0.25) is 5.91 Å². The molecule has 2 aromatic carbocycles. The van der Waals surface area contributed by atoms with E-state index in [1.165, 1.54) is 5.56 Å². The molecule has 1 aromatic heterocycles. The second-order valence-electron chi connectivity index (χ2n) is 8.09. The van der Waals surface area contributed by atoms with Gasteiger partial charge in [0.1, 0.15) is 5.82 Å². The highest BCUT2D eigenvalue weighted by molar-refractivity contribution is 5.83. The topological polar surface area (TPSA) is 63.1 Å². The molecule has 0 radical (unpaired) electrons. The molecular weight excluding hydrogens is 386 g/mol. The Morgan fingerprint density at radius 3 is 2.58 bits per heavy atom. The number of fused-ring (bicyclic) bond motifs is 1. The highest BCUT2D eigenvalue weighted by atomic mass is 16.1. The van der Waals surface area contributed by atoms with E-state index in [0.29, 0.717) is 6.54 Å². The van der Waals surface area contributed by atoms with Crippen molar-refractivity contribution in [1.29, 1.82) is 0 Å². The largest absolute Gasteiger partial charge is 0.355 e. The Kier molecular flexibility index (Phi) is 7.10. The summed E-state index contributed by atoms with van der Waals surface area (Å²) in [7, 11) is 0. The molecule has 3 aromatic rings. The third-order valence-corrected chi connectivity index (χ3v) is 5.96. The standard InChI is InChI=1S/C25H31N5O/c1-2-29(19-20-11-5-3-6-12-20)17-10-16-26-25(31)22-15-9-18-30-23(27-28-24(22)30)21-13-7-4-8-14-21/h3-8,11-14,22H,2,9-10,15-19H2,1H3,(H,26,31). The van der Waals surface area contributed by atoms with Gasteiger partial charge in [-0.15, -0.1) is 10.2 Å². The Balaban J connectivity index is 1.30. The first-order valence-electron chi connectivity index (χ1n) is 11.3. The molecule has 1 unspecified atom stereocenters. The average molecular weight is 418 g/mol. The van der Waals surface area contributed by atoms with Gasteiger partial charge in [-0.1, -0.05) is 67.6 Å². The van der Waals surface area contributed by atoms with E-state index in [2.05, 4.69) is 56.2 Å². The monoisotopic (exact) mass is 417 g/mol. The van der Waals surface area contributed by atoms with Crippen molar-refractivity contribution < 1.29 is 4.79 Å². The van der Waals surface area contributed by atoms with Crippen LogP contribution in [0, 0.1) is 0 Å². The summed E-state index contributed by atoms with van der Waals surface area (Å²) in [6, 6.07) is 20.6. The molecule has 0 aliphatic carbocycles. The van der Waals surface area contributed by atoms with E-state index in [0.717, 1.165) is 62.7 Å². The van der Waals surface area contributed by atoms with Crippen LogP contribution >= 0.6 is 0 Å². The lowest BCUT2D eigenvalue weighted by atomic mass is 9.97. The zero-order valence-corrected chi connectivity index (χ0v) is 18.2. The van der Waals surface area contributed by atoms with E-state index >= 15 is 0 Å². The summed E-state index contributed by atoms with van der Waals surface area (Å²) in [5, 5.41) is 11.9. The maximum absolute atomic E-state index is 12.9. The summed E-state index contributed by atoms with van der Waals surface area (Å²) in [4.78, 5) is 15.3. The van der Waals surface area contributed by atoms with E-state index in [1.807, 2.05) is 36.4 Å². The number of benzene rings is 2. The van der Waals surface area contributed by atoms with Crippen molar-refractivity contribution in [3.05, 3.63) is 72.1 Å². The highest BCUT2D eigenvalue weighted by Crippen LogP contribution is 2.30. The zero-order valence-electron chi connectivity index (χ0n) is 18.2. The molecule has 0 saturated heterocycles. The molecule has 162 valence electrons. The smallest absolute Gasteiger partial charge is 0.230 e. The normalized spacial score (nSPS) is 15.6. The minimum Gasteiger partial charge on any atom is -0.355 e. The van der Waals surface area contributed by atoms with Gasteiger partial charge in [0, 0.05) is 31.7 Å². The lowest BCUT2D eigenvalue weighted by Gasteiger charge is -2.24. The highest BCUT2D eigenvalue weighted by Gasteiger charge is 2.30. The molecule has 6 heteroatoms. The fourth-order valence-corrected chi connectivity index (χ4v) is 4.25. The van der Waals surface area contributed by atoms with Gasteiger partial charge in [-0.3, -0.25) is 9.69 Å². The van der Waals surface area contributed by atoms with Crippen molar-refractivity contribution in [2.75, 3.05) is 19.6 Å². The molecule has 0 bridgehead atoms. The zero-order chi connectivity index (χ0) is 21.5. The summed E-state index contributed by atoms with van der Waals surface area (Å²) in [5.74, 6) is 1.50. The van der Waals surface area contributed by atoms with Crippen molar-refractivity contribution in [3.63, 3.8) is 0 Å². The number of carbonyl (C=O) groups is 1. The van der Waals surface area contributed by atoms with Gasteiger partial charge in [0.25, 0.3) is 0 Å². The van der Waals surface area contributed by atoms with Crippen molar-refractivity contribution in [1.82, 2.24) is 25.0 Å². The number of amides is 1. The number of hydrogen-bond acceptors (Lipinski definition) is 4. The molecule has 6 nitrogen and oxygen atoms in total. The van der Waals surface area contributed by atoms with Crippen LogP contribution in [0.1, 0.15) is 43.5 Å². The van der Waals surface area contributed by atoms with Crippen LogP contribution in [-0.2, 0) is 17.9 Å². The van der Waals surface area contributed by atoms with Gasteiger partial charge in [-0.2, -0.15) is 0 Å². The summed E-state index contributed by atoms with van der Waals surface area (Å²) in [5.41, 5.74) is 2.37. The molecule has 4 rings (SSSR count). The fourth-order valence-electron chi connectivity index (χ4n) is 4.25. The molecule has 2 heterocycles. The van der Waals surface area contributed by atoms with Crippen LogP contribution in [0.25, 0.3) is 11.4 Å². The lowest BCUT2D eigenvalue weighted by Crippen LogP contribution is -2.35. The molecule has 1 aliphatic rings. The summed E-state index contributed by atoms with van der Waals surface area (Å²) in [6.07, 6.45) is 2.72. The summed E-state index contributed by atoms with van der Waals surface area (Å²) in [6.45, 7) is 6.63. The third kappa shape index (κ3) is 5.20. The van der Waals surface area contributed by atoms with E-state index in [1.54, 1.807) is 0 Å². The second-order valence-corrected chi connectivity index (χ2v) is 8.09. The van der Waals surface area contributed by atoms with E-state index < -0.39 is 0 Å². The van der Waals surface area contributed by atoms with Crippen molar-refractivity contribution in [2.24, 2.45) is 0 Å². The Morgan fingerprint density at radius 2 is 1.84 bits per heavy atom. The predicted molar refractivity (Wildman–Crippen MR) is 122 cm³/mol. The lowest BCUT2D eigenvalue weighted by molar-refractivity contribution is -0.123. The summed E-state index contributed by atoms with van der Waals surface area (Å²) >= 11 is 0. The molecule has 0 saturated carbocycles. The van der Waals surface area contributed by atoms with Crippen LogP contribution in [0.3, 0.4) is 0 Å². The van der Waals surface area contributed by atoms with Crippen LogP contribution in [0.5, 0.6) is 0 Å². The molecule has 1 atom stereocenters. The van der Waals surface area contributed by atoms with Gasteiger partial charge in [0.15, 0.2) is 5.82 Å². The second kappa shape index (κ2) is 10.4. The maximum Gasteiger partial charge on any atom is 0.230 e. The molecule has 0 spiro atoms. The number of nitrogens with zero attached hydrogens (tertiary/aromatic N) is 4. The van der Waals surface area contributed by atoms with Gasteiger partial charge >= 0.3 is 0 Å². The van der Waals surface area contributed by atoms with Gasteiger partial charge in [-0.05, 0) is 31.4 Å². The number of rotatable bonds is 9. The molecule has 1 N–H and O–H groups in total. The van der Waals surface area contributed by atoms with Crippen molar-refractivity contribution in [3.8, 4) is 11.4 Å². The van der Waals surface area contributed by atoms with Crippen LogP contribution in [-0.4, -0.2) is 45.2 Å². The van der Waals surface area contributed by atoms with Gasteiger partial charge in [0.05, 0.1) is 5.92 Å². The first-order chi connectivity index (χ1) is 15.3.